The molecule has 7 nitrogen and oxygen atoms in total. The quantitative estimate of drug-likeness (QED) is 0.851. The number of rotatable bonds is 5. The van der Waals surface area contributed by atoms with E-state index in [1.807, 2.05) is 6.20 Å². The lowest BCUT2D eigenvalue weighted by atomic mass is 10.00. The average Bonchev–Trinajstić information content (AvgIpc) is 3.29. The van der Waals surface area contributed by atoms with Crippen LogP contribution in [0, 0.1) is 5.92 Å². The summed E-state index contributed by atoms with van der Waals surface area (Å²) in [5.74, 6) is 0.373. The number of aryl methyl sites for hydroxylation is 2. The van der Waals surface area contributed by atoms with Crippen molar-refractivity contribution in [1.29, 1.82) is 0 Å². The highest BCUT2D eigenvalue weighted by atomic mass is 16.2. The largest absolute Gasteiger partial charge is 0.346 e. The van der Waals surface area contributed by atoms with E-state index in [1.54, 1.807) is 10.9 Å². The van der Waals surface area contributed by atoms with Crippen LogP contribution in [0.4, 0.5) is 0 Å². The van der Waals surface area contributed by atoms with Crippen LogP contribution in [-0.2, 0) is 25.9 Å². The summed E-state index contributed by atoms with van der Waals surface area (Å²) in [6.07, 6.45) is 9.33. The number of amides is 1. The van der Waals surface area contributed by atoms with E-state index in [2.05, 4.69) is 32.0 Å². The molecule has 2 aromatic heterocycles. The molecule has 0 saturated carbocycles. The number of hydrogen-bond donors (Lipinski definition) is 2. The number of carbonyl (C=O) groups is 1. The molecular weight excluding hydrogens is 316 g/mol. The van der Waals surface area contributed by atoms with Gasteiger partial charge in [0.2, 0.25) is 0 Å². The molecule has 2 aromatic rings. The van der Waals surface area contributed by atoms with Gasteiger partial charge in [-0.1, -0.05) is 11.3 Å². The normalized spacial score (nSPS) is 19.6. The maximum Gasteiger partial charge on any atom is 0.273 e. The molecule has 1 aliphatic carbocycles. The van der Waals surface area contributed by atoms with E-state index in [9.17, 15) is 4.79 Å². The third kappa shape index (κ3) is 3.87. The van der Waals surface area contributed by atoms with Gasteiger partial charge >= 0.3 is 0 Å². The molecule has 3 heterocycles. The first-order valence-corrected chi connectivity index (χ1v) is 9.13. The fourth-order valence-corrected chi connectivity index (χ4v) is 3.68. The van der Waals surface area contributed by atoms with E-state index in [0.717, 1.165) is 38.0 Å². The molecule has 0 radical (unpaired) electrons. The lowest BCUT2D eigenvalue weighted by Crippen LogP contribution is -2.32. The highest BCUT2D eigenvalue weighted by molar-refractivity contribution is 5.91. The topological polar surface area (TPSA) is 84.7 Å². The molecule has 4 rings (SSSR count). The summed E-state index contributed by atoms with van der Waals surface area (Å²) in [7, 11) is 0. The maximum absolute atomic E-state index is 12.3. The molecule has 0 unspecified atom stereocenters. The summed E-state index contributed by atoms with van der Waals surface area (Å²) >= 11 is 0. The molecule has 1 saturated heterocycles. The zero-order valence-electron chi connectivity index (χ0n) is 14.4. The predicted molar refractivity (Wildman–Crippen MR) is 93.0 cm³/mol. The van der Waals surface area contributed by atoms with Gasteiger partial charge in [0, 0.05) is 25.0 Å². The van der Waals surface area contributed by atoms with Gasteiger partial charge in [-0.2, -0.15) is 0 Å². The molecular formula is C18H24N6O. The summed E-state index contributed by atoms with van der Waals surface area (Å²) in [5, 5.41) is 14.4. The van der Waals surface area contributed by atoms with Crippen LogP contribution in [0.1, 0.15) is 46.6 Å². The van der Waals surface area contributed by atoms with Gasteiger partial charge in [-0.3, -0.25) is 14.5 Å². The van der Waals surface area contributed by atoms with Gasteiger partial charge < -0.3 is 10.6 Å². The summed E-state index contributed by atoms with van der Waals surface area (Å²) < 4.78 is 1.78. The lowest BCUT2D eigenvalue weighted by molar-refractivity contribution is 0.0945. The van der Waals surface area contributed by atoms with Gasteiger partial charge in [0.15, 0.2) is 5.69 Å². The van der Waals surface area contributed by atoms with Gasteiger partial charge in [0.25, 0.3) is 5.91 Å². The second-order valence-electron chi connectivity index (χ2n) is 7.02. The van der Waals surface area contributed by atoms with Crippen LogP contribution in [0.5, 0.6) is 0 Å². The van der Waals surface area contributed by atoms with Crippen molar-refractivity contribution >= 4 is 5.91 Å². The Balaban J connectivity index is 1.32. The maximum atomic E-state index is 12.3. The zero-order valence-corrected chi connectivity index (χ0v) is 14.4. The summed E-state index contributed by atoms with van der Waals surface area (Å²) in [4.78, 5) is 16.8. The van der Waals surface area contributed by atoms with Gasteiger partial charge in [-0.15, -0.1) is 5.10 Å². The minimum Gasteiger partial charge on any atom is -0.346 e. The number of carbonyl (C=O) groups excluding carboxylic acids is 1. The molecule has 1 fully saturated rings. The second kappa shape index (κ2) is 7.31. The number of piperidine rings is 1. The number of nitrogens with one attached hydrogen (secondary N) is 2. The SMILES string of the molecule is O=C(NCc1cnc2c(c1)CCC2)c1cn(C[C@H]2CCCNC2)nn1. The van der Waals surface area contributed by atoms with Crippen LogP contribution in [-0.4, -0.2) is 39.0 Å². The Morgan fingerprint density at radius 1 is 1.36 bits per heavy atom. The molecule has 0 bridgehead atoms. The number of nitrogens with zero attached hydrogens (tertiary/aromatic N) is 4. The summed E-state index contributed by atoms with van der Waals surface area (Å²) in [6.45, 7) is 3.38. The Labute approximate surface area is 147 Å². The summed E-state index contributed by atoms with van der Waals surface area (Å²) in [6, 6.07) is 2.16. The third-order valence-corrected chi connectivity index (χ3v) is 5.04. The van der Waals surface area contributed by atoms with Crippen LogP contribution >= 0.6 is 0 Å². The van der Waals surface area contributed by atoms with Gasteiger partial charge in [0.05, 0.1) is 6.20 Å². The Morgan fingerprint density at radius 2 is 2.32 bits per heavy atom. The van der Waals surface area contributed by atoms with E-state index >= 15 is 0 Å². The molecule has 132 valence electrons. The number of hydrogen-bond acceptors (Lipinski definition) is 5. The fraction of sp³-hybridized carbons (Fsp3) is 0.556. The van der Waals surface area contributed by atoms with Crippen molar-refractivity contribution in [2.24, 2.45) is 5.92 Å². The first-order valence-electron chi connectivity index (χ1n) is 9.13. The van der Waals surface area contributed by atoms with Crippen LogP contribution in [0.2, 0.25) is 0 Å². The van der Waals surface area contributed by atoms with E-state index < -0.39 is 0 Å². The standard InChI is InChI=1S/C18H24N6O/c25-18(21-10-14-7-15-4-1-5-16(15)20-9-14)17-12-24(23-22-17)11-13-3-2-6-19-8-13/h7,9,12-13,19H,1-6,8,10-11H2,(H,21,25)/t13-/m0/s1. The van der Waals surface area contributed by atoms with Crippen LogP contribution in [0.25, 0.3) is 0 Å². The number of aromatic nitrogens is 4. The minimum absolute atomic E-state index is 0.187. The Kier molecular flexibility index (Phi) is 4.74. The van der Waals surface area contributed by atoms with Crippen molar-refractivity contribution in [3.05, 3.63) is 41.0 Å². The van der Waals surface area contributed by atoms with Crippen LogP contribution in [0.15, 0.2) is 18.5 Å². The molecule has 25 heavy (non-hydrogen) atoms. The molecule has 1 atom stereocenters. The fourth-order valence-electron chi connectivity index (χ4n) is 3.68. The van der Waals surface area contributed by atoms with E-state index in [1.165, 1.54) is 30.5 Å². The molecule has 7 heteroatoms. The van der Waals surface area contributed by atoms with E-state index in [-0.39, 0.29) is 5.91 Å². The Bertz CT molecular complexity index is 750. The molecule has 0 aromatic carbocycles. The van der Waals surface area contributed by atoms with Crippen molar-refractivity contribution < 1.29 is 4.79 Å². The van der Waals surface area contributed by atoms with Crippen molar-refractivity contribution in [3.8, 4) is 0 Å². The van der Waals surface area contributed by atoms with E-state index in [0.29, 0.717) is 18.2 Å². The van der Waals surface area contributed by atoms with Crippen molar-refractivity contribution in [2.45, 2.75) is 45.2 Å². The third-order valence-electron chi connectivity index (χ3n) is 5.04. The molecule has 2 N–H and O–H groups in total. The highest BCUT2D eigenvalue weighted by Crippen LogP contribution is 2.20. The Morgan fingerprint density at radius 3 is 3.20 bits per heavy atom. The lowest BCUT2D eigenvalue weighted by Gasteiger charge is -2.22. The van der Waals surface area contributed by atoms with Gasteiger partial charge in [-0.25, -0.2) is 0 Å². The zero-order chi connectivity index (χ0) is 17.1. The molecule has 2 aliphatic rings. The molecule has 1 aliphatic heterocycles. The number of pyridine rings is 1. The van der Waals surface area contributed by atoms with Crippen molar-refractivity contribution in [1.82, 2.24) is 30.6 Å². The smallest absolute Gasteiger partial charge is 0.273 e. The van der Waals surface area contributed by atoms with Crippen molar-refractivity contribution in [2.75, 3.05) is 13.1 Å². The van der Waals surface area contributed by atoms with Gasteiger partial charge in [0.1, 0.15) is 0 Å². The summed E-state index contributed by atoms with van der Waals surface area (Å²) in [5.41, 5.74) is 3.93. The monoisotopic (exact) mass is 340 g/mol. The Hall–Kier alpha value is -2.28. The van der Waals surface area contributed by atoms with Crippen molar-refractivity contribution in [3.63, 3.8) is 0 Å². The first kappa shape index (κ1) is 16.2. The average molecular weight is 340 g/mol. The predicted octanol–water partition coefficient (Wildman–Crippen LogP) is 1.09. The van der Waals surface area contributed by atoms with Crippen LogP contribution in [0.3, 0.4) is 0 Å². The first-order chi connectivity index (χ1) is 12.3. The van der Waals surface area contributed by atoms with E-state index in [4.69, 9.17) is 0 Å². The minimum atomic E-state index is -0.187. The second-order valence-corrected chi connectivity index (χ2v) is 7.02. The van der Waals surface area contributed by atoms with Crippen LogP contribution < -0.4 is 10.6 Å². The molecule has 0 spiro atoms. The molecule has 1 amide bonds. The highest BCUT2D eigenvalue weighted by Gasteiger charge is 2.17. The van der Waals surface area contributed by atoms with Gasteiger partial charge in [-0.05, 0) is 62.2 Å². The number of fused-ring (bicyclic) bond motifs is 1.